The van der Waals surface area contributed by atoms with Crippen molar-refractivity contribution >= 4 is 7.98 Å². The van der Waals surface area contributed by atoms with Crippen molar-refractivity contribution in [2.45, 2.75) is 0 Å². The Bertz CT molecular complexity index is 126. The molecule has 1 aliphatic heterocycles. The second-order valence-electron chi connectivity index (χ2n) is 1.51. The first-order chi connectivity index (χ1) is 3.72. The number of hydrogen-bond acceptors (Lipinski definition) is 3. The summed E-state index contributed by atoms with van der Waals surface area (Å²) in [5, 5.41) is 0. The Balaban J connectivity index is 2.70. The maximum atomic E-state index is 5.33. The first-order valence-electron chi connectivity index (χ1n) is 2.16. The largest absolute Gasteiger partial charge is 0.370 e. The SMILES string of the molecule is [B]N1C(=C)NNC1=C. The van der Waals surface area contributed by atoms with Crippen LogP contribution < -0.4 is 10.9 Å². The van der Waals surface area contributed by atoms with Gasteiger partial charge in [0.05, 0.1) is 0 Å². The molecule has 0 aromatic heterocycles. The minimum atomic E-state index is 0.606. The van der Waals surface area contributed by atoms with Crippen molar-refractivity contribution in [2.24, 2.45) is 0 Å². The Morgan fingerprint density at radius 3 is 1.75 bits per heavy atom. The highest BCUT2D eigenvalue weighted by Gasteiger charge is 2.10. The molecule has 0 saturated carbocycles. The Labute approximate surface area is 49.5 Å². The summed E-state index contributed by atoms with van der Waals surface area (Å²) in [6.45, 7) is 7.10. The van der Waals surface area contributed by atoms with Gasteiger partial charge < -0.3 is 4.81 Å². The predicted molar refractivity (Wildman–Crippen MR) is 32.1 cm³/mol. The normalized spacial score (nSPS) is 18.2. The maximum absolute atomic E-state index is 5.33. The topological polar surface area (TPSA) is 27.3 Å². The van der Waals surface area contributed by atoms with Crippen LogP contribution in [0.5, 0.6) is 0 Å². The standard InChI is InChI=1S/C4H6BN3/c1-3-6-7-4(2)8(3)5/h6-7H,1-2H2. The molecular weight excluding hydrogens is 101 g/mol. The fraction of sp³-hybridized carbons (Fsp3) is 0. The number of nitrogens with one attached hydrogen (secondary N) is 2. The monoisotopic (exact) mass is 107 g/mol. The highest BCUT2D eigenvalue weighted by atomic mass is 15.5. The molecule has 1 fully saturated rings. The van der Waals surface area contributed by atoms with Gasteiger partial charge in [-0.05, 0) is 0 Å². The fourth-order valence-electron chi connectivity index (χ4n) is 0.428. The Morgan fingerprint density at radius 2 is 1.62 bits per heavy atom. The minimum Gasteiger partial charge on any atom is -0.370 e. The van der Waals surface area contributed by atoms with Crippen LogP contribution in [-0.2, 0) is 0 Å². The van der Waals surface area contributed by atoms with E-state index in [1.54, 1.807) is 0 Å². The van der Waals surface area contributed by atoms with E-state index < -0.39 is 0 Å². The van der Waals surface area contributed by atoms with Gasteiger partial charge in [0, 0.05) is 0 Å². The highest BCUT2D eigenvalue weighted by Crippen LogP contribution is 2.03. The van der Waals surface area contributed by atoms with E-state index in [4.69, 9.17) is 7.98 Å². The molecule has 1 heterocycles. The molecule has 0 atom stereocenters. The number of rotatable bonds is 0. The van der Waals surface area contributed by atoms with Crippen LogP contribution >= 0.6 is 0 Å². The smallest absolute Gasteiger partial charge is 0.238 e. The lowest BCUT2D eigenvalue weighted by Crippen LogP contribution is -2.18. The average molecular weight is 107 g/mol. The van der Waals surface area contributed by atoms with Crippen molar-refractivity contribution < 1.29 is 0 Å². The molecular formula is C4H6BN3. The van der Waals surface area contributed by atoms with Crippen molar-refractivity contribution in [3.05, 3.63) is 24.8 Å². The third-order valence-electron chi connectivity index (χ3n) is 0.933. The fourth-order valence-corrected chi connectivity index (χ4v) is 0.428. The zero-order chi connectivity index (χ0) is 6.15. The van der Waals surface area contributed by atoms with Gasteiger partial charge in [-0.3, -0.25) is 10.9 Å². The van der Waals surface area contributed by atoms with E-state index >= 15 is 0 Å². The Hall–Kier alpha value is -1.06. The zero-order valence-corrected chi connectivity index (χ0v) is 4.44. The number of hydrogen-bond donors (Lipinski definition) is 2. The molecule has 1 saturated heterocycles. The first kappa shape index (κ1) is 5.09. The van der Waals surface area contributed by atoms with E-state index in [2.05, 4.69) is 24.0 Å². The highest BCUT2D eigenvalue weighted by molar-refractivity contribution is 6.06. The third kappa shape index (κ3) is 0.539. The summed E-state index contributed by atoms with van der Waals surface area (Å²) in [4.78, 5) is 1.33. The van der Waals surface area contributed by atoms with Gasteiger partial charge in [0.1, 0.15) is 11.6 Å². The van der Waals surface area contributed by atoms with Gasteiger partial charge in [-0.15, -0.1) is 0 Å². The number of nitrogens with zero attached hydrogens (tertiary/aromatic N) is 1. The lowest BCUT2D eigenvalue weighted by atomic mass is 10.3. The lowest BCUT2D eigenvalue weighted by Gasteiger charge is -2.07. The third-order valence-corrected chi connectivity index (χ3v) is 0.933. The second-order valence-corrected chi connectivity index (χ2v) is 1.51. The summed E-state index contributed by atoms with van der Waals surface area (Å²) in [7, 11) is 5.33. The van der Waals surface area contributed by atoms with Crippen LogP contribution in [0.4, 0.5) is 0 Å². The van der Waals surface area contributed by atoms with Gasteiger partial charge in [0.25, 0.3) is 0 Å². The zero-order valence-electron chi connectivity index (χ0n) is 4.44. The second kappa shape index (κ2) is 1.47. The molecule has 0 spiro atoms. The maximum Gasteiger partial charge on any atom is 0.238 e. The van der Waals surface area contributed by atoms with Gasteiger partial charge in [0.15, 0.2) is 0 Å². The predicted octanol–water partition coefficient (Wildman–Crippen LogP) is -0.578. The molecule has 2 N–H and O–H groups in total. The van der Waals surface area contributed by atoms with Crippen LogP contribution in [0.1, 0.15) is 0 Å². The molecule has 0 amide bonds. The molecule has 0 unspecified atom stereocenters. The van der Waals surface area contributed by atoms with Crippen LogP contribution in [0, 0.1) is 0 Å². The van der Waals surface area contributed by atoms with Crippen LogP contribution in [0.3, 0.4) is 0 Å². The molecule has 8 heavy (non-hydrogen) atoms. The van der Waals surface area contributed by atoms with Gasteiger partial charge in [0.2, 0.25) is 7.98 Å². The van der Waals surface area contributed by atoms with E-state index in [0.29, 0.717) is 11.6 Å². The molecule has 40 valence electrons. The Morgan fingerprint density at radius 1 is 1.25 bits per heavy atom. The summed E-state index contributed by atoms with van der Waals surface area (Å²) in [5.74, 6) is 1.21. The van der Waals surface area contributed by atoms with Crippen molar-refractivity contribution in [3.63, 3.8) is 0 Å². The van der Waals surface area contributed by atoms with Crippen molar-refractivity contribution in [3.8, 4) is 0 Å². The molecule has 0 aliphatic carbocycles. The van der Waals surface area contributed by atoms with Crippen LogP contribution in [0.15, 0.2) is 24.8 Å². The Kier molecular flexibility index (Phi) is 0.935. The summed E-state index contributed by atoms with van der Waals surface area (Å²) >= 11 is 0. The molecule has 1 rings (SSSR count). The van der Waals surface area contributed by atoms with E-state index in [-0.39, 0.29) is 0 Å². The molecule has 1 aliphatic rings. The summed E-state index contributed by atoms with van der Waals surface area (Å²) in [6, 6.07) is 0. The lowest BCUT2D eigenvalue weighted by molar-refractivity contribution is 0.730. The summed E-state index contributed by atoms with van der Waals surface area (Å²) in [5.41, 5.74) is 5.35. The van der Waals surface area contributed by atoms with Gasteiger partial charge in [-0.1, -0.05) is 13.2 Å². The summed E-state index contributed by atoms with van der Waals surface area (Å²) < 4.78 is 0. The van der Waals surface area contributed by atoms with Gasteiger partial charge >= 0.3 is 0 Å². The molecule has 4 heteroatoms. The average Bonchev–Trinajstić information content (AvgIpc) is 1.98. The quantitative estimate of drug-likeness (QED) is 0.405. The van der Waals surface area contributed by atoms with Crippen LogP contribution in [-0.4, -0.2) is 12.8 Å². The molecule has 0 bridgehead atoms. The van der Waals surface area contributed by atoms with Gasteiger partial charge in [-0.25, -0.2) is 0 Å². The van der Waals surface area contributed by atoms with Crippen molar-refractivity contribution in [1.29, 1.82) is 0 Å². The van der Waals surface area contributed by atoms with Crippen molar-refractivity contribution in [1.82, 2.24) is 15.7 Å². The molecule has 0 aromatic carbocycles. The number of hydrazine groups is 1. The molecule has 3 nitrogen and oxygen atoms in total. The molecule has 2 radical (unpaired) electrons. The van der Waals surface area contributed by atoms with Gasteiger partial charge in [-0.2, -0.15) is 0 Å². The van der Waals surface area contributed by atoms with E-state index in [9.17, 15) is 0 Å². The van der Waals surface area contributed by atoms with E-state index in [1.807, 2.05) is 0 Å². The summed E-state index contributed by atoms with van der Waals surface area (Å²) in [6.07, 6.45) is 0. The van der Waals surface area contributed by atoms with Crippen molar-refractivity contribution in [2.75, 3.05) is 0 Å². The van der Waals surface area contributed by atoms with Crippen LogP contribution in [0.25, 0.3) is 0 Å². The molecule has 0 aromatic rings. The minimum absolute atomic E-state index is 0.606. The first-order valence-corrected chi connectivity index (χ1v) is 2.16. The van der Waals surface area contributed by atoms with Crippen LogP contribution in [0.2, 0.25) is 0 Å². The van der Waals surface area contributed by atoms with E-state index in [0.717, 1.165) is 0 Å². The van der Waals surface area contributed by atoms with E-state index in [1.165, 1.54) is 4.81 Å².